The summed E-state index contributed by atoms with van der Waals surface area (Å²) in [6.45, 7) is 8.08. The molecule has 1 amide bonds. The van der Waals surface area contributed by atoms with Gasteiger partial charge in [-0.05, 0) is 67.6 Å². The number of rotatable bonds is 6. The molecule has 0 aliphatic carbocycles. The van der Waals surface area contributed by atoms with Gasteiger partial charge in [-0.25, -0.2) is 8.78 Å². The smallest absolute Gasteiger partial charge is 0.216 e. The average molecular weight is 404 g/mol. The topological polar surface area (TPSA) is 53.2 Å². The molecule has 0 bridgehead atoms. The van der Waals surface area contributed by atoms with E-state index in [1.54, 1.807) is 13.8 Å². The van der Waals surface area contributed by atoms with Gasteiger partial charge < -0.3 is 16.0 Å². The molecular formula is C23H31F2N3O. The van der Waals surface area contributed by atoms with Gasteiger partial charge in [0.05, 0.1) is 0 Å². The molecule has 0 radical (unpaired) electrons. The number of carbonyl (C=O) groups excluding carboxylic acids is 1. The molecule has 3 N–H and O–H groups in total. The van der Waals surface area contributed by atoms with Crippen molar-refractivity contribution in [3.05, 3.63) is 64.7 Å². The predicted molar refractivity (Wildman–Crippen MR) is 114 cm³/mol. The minimum absolute atomic E-state index is 0.0461. The first-order valence-corrected chi connectivity index (χ1v) is 10.2. The molecule has 6 heteroatoms. The molecule has 158 valence electrons. The molecule has 4 nitrogen and oxygen atoms in total. The molecular weight excluding hydrogens is 372 g/mol. The Labute approximate surface area is 172 Å². The van der Waals surface area contributed by atoms with Crippen LogP contribution in [-0.4, -0.2) is 25.5 Å². The third-order valence-corrected chi connectivity index (χ3v) is 4.77. The molecule has 0 saturated heterocycles. The van der Waals surface area contributed by atoms with Gasteiger partial charge in [0.25, 0.3) is 0 Å². The van der Waals surface area contributed by atoms with Crippen LogP contribution in [0.3, 0.4) is 0 Å². The number of nitrogens with one attached hydrogen (secondary N) is 3. The van der Waals surface area contributed by atoms with Gasteiger partial charge in [0.2, 0.25) is 5.91 Å². The third-order valence-electron chi connectivity index (χ3n) is 4.77. The van der Waals surface area contributed by atoms with Crippen LogP contribution in [0.4, 0.5) is 14.5 Å². The van der Waals surface area contributed by atoms with Crippen molar-refractivity contribution in [2.24, 2.45) is 0 Å². The standard InChI is InChI=1S/C16H25N3O.C7H6F2/c1-3-13-5-6-15-14(11-13)16(7-10-19-15)18-9-4-8-17-12(2)20;1-5-2-6(8)4-7(9)3-5/h5-6,11,16,18-19H,3-4,7-10H2,1-2H3,(H,17,20);2-4H,1H3. The Balaban J connectivity index is 0.000000278. The quantitative estimate of drug-likeness (QED) is 0.623. The number of anilines is 1. The molecule has 3 rings (SSSR count). The molecule has 0 saturated carbocycles. The van der Waals surface area contributed by atoms with Crippen molar-refractivity contribution < 1.29 is 13.6 Å². The van der Waals surface area contributed by atoms with Gasteiger partial charge in [-0.1, -0.05) is 19.1 Å². The van der Waals surface area contributed by atoms with Gasteiger partial charge >= 0.3 is 0 Å². The molecule has 1 aliphatic rings. The van der Waals surface area contributed by atoms with Crippen molar-refractivity contribution in [2.75, 3.05) is 25.0 Å². The van der Waals surface area contributed by atoms with Gasteiger partial charge in [-0.3, -0.25) is 4.79 Å². The second-order valence-electron chi connectivity index (χ2n) is 7.28. The van der Waals surface area contributed by atoms with Crippen LogP contribution < -0.4 is 16.0 Å². The lowest BCUT2D eigenvalue weighted by atomic mass is 9.95. The van der Waals surface area contributed by atoms with Crippen LogP contribution in [-0.2, 0) is 11.2 Å². The fraction of sp³-hybridized carbons (Fsp3) is 0.435. The largest absolute Gasteiger partial charge is 0.385 e. The normalized spacial score (nSPS) is 14.9. The van der Waals surface area contributed by atoms with Gasteiger partial charge in [0, 0.05) is 37.8 Å². The highest BCUT2D eigenvalue weighted by Gasteiger charge is 2.19. The highest BCUT2D eigenvalue weighted by Crippen LogP contribution is 2.30. The Hall–Kier alpha value is -2.47. The van der Waals surface area contributed by atoms with Crippen LogP contribution in [0.1, 0.15) is 49.4 Å². The minimum Gasteiger partial charge on any atom is -0.385 e. The van der Waals surface area contributed by atoms with E-state index in [1.165, 1.54) is 28.9 Å². The molecule has 2 aromatic carbocycles. The second kappa shape index (κ2) is 11.5. The van der Waals surface area contributed by atoms with Gasteiger partial charge in [-0.15, -0.1) is 0 Å². The summed E-state index contributed by atoms with van der Waals surface area (Å²) in [5.41, 5.74) is 4.63. The van der Waals surface area contributed by atoms with E-state index in [9.17, 15) is 13.6 Å². The molecule has 1 aliphatic heterocycles. The summed E-state index contributed by atoms with van der Waals surface area (Å²) in [7, 11) is 0. The zero-order valence-corrected chi connectivity index (χ0v) is 17.4. The first-order chi connectivity index (χ1) is 13.9. The van der Waals surface area contributed by atoms with E-state index in [0.717, 1.165) is 45.0 Å². The van der Waals surface area contributed by atoms with Gasteiger partial charge in [0.1, 0.15) is 11.6 Å². The number of carbonyl (C=O) groups is 1. The Morgan fingerprint density at radius 1 is 1.14 bits per heavy atom. The summed E-state index contributed by atoms with van der Waals surface area (Å²) in [6, 6.07) is 10.5. The lowest BCUT2D eigenvalue weighted by molar-refractivity contribution is -0.118. The molecule has 2 aromatic rings. The third kappa shape index (κ3) is 7.81. The van der Waals surface area contributed by atoms with Crippen molar-refractivity contribution in [2.45, 2.75) is 46.1 Å². The van der Waals surface area contributed by atoms with Gasteiger partial charge in [0.15, 0.2) is 0 Å². The minimum atomic E-state index is -0.521. The first-order valence-electron chi connectivity index (χ1n) is 10.2. The lowest BCUT2D eigenvalue weighted by Crippen LogP contribution is -2.31. The van der Waals surface area contributed by atoms with Crippen LogP contribution >= 0.6 is 0 Å². The fourth-order valence-electron chi connectivity index (χ4n) is 3.32. The zero-order valence-electron chi connectivity index (χ0n) is 17.4. The van der Waals surface area contributed by atoms with Crippen molar-refractivity contribution in [3.8, 4) is 0 Å². The van der Waals surface area contributed by atoms with Crippen molar-refractivity contribution in [1.82, 2.24) is 10.6 Å². The molecule has 1 heterocycles. The summed E-state index contributed by atoms with van der Waals surface area (Å²) in [5.74, 6) is -0.996. The summed E-state index contributed by atoms with van der Waals surface area (Å²) in [4.78, 5) is 10.8. The maximum atomic E-state index is 12.2. The molecule has 0 spiro atoms. The Morgan fingerprint density at radius 3 is 2.48 bits per heavy atom. The van der Waals surface area contributed by atoms with Crippen LogP contribution in [0.5, 0.6) is 0 Å². The highest BCUT2D eigenvalue weighted by atomic mass is 19.1. The van der Waals surface area contributed by atoms with E-state index in [1.807, 2.05) is 0 Å². The maximum Gasteiger partial charge on any atom is 0.216 e. The lowest BCUT2D eigenvalue weighted by Gasteiger charge is -2.28. The molecule has 0 fully saturated rings. The van der Waals surface area contributed by atoms with Gasteiger partial charge in [-0.2, -0.15) is 0 Å². The van der Waals surface area contributed by atoms with Crippen LogP contribution in [0, 0.1) is 18.6 Å². The Kier molecular flexibility index (Phi) is 9.06. The number of hydrogen-bond acceptors (Lipinski definition) is 3. The van der Waals surface area contributed by atoms with Crippen molar-refractivity contribution in [3.63, 3.8) is 0 Å². The van der Waals surface area contributed by atoms with E-state index in [-0.39, 0.29) is 5.91 Å². The Bertz CT molecular complexity index is 760. The number of hydrogen-bond donors (Lipinski definition) is 3. The first kappa shape index (κ1) is 22.8. The van der Waals surface area contributed by atoms with E-state index >= 15 is 0 Å². The van der Waals surface area contributed by atoms with Crippen molar-refractivity contribution >= 4 is 11.6 Å². The summed E-state index contributed by atoms with van der Waals surface area (Å²) < 4.78 is 24.4. The van der Waals surface area contributed by atoms with E-state index in [0.29, 0.717) is 11.6 Å². The van der Waals surface area contributed by atoms with Crippen molar-refractivity contribution in [1.29, 1.82) is 0 Å². The molecule has 1 unspecified atom stereocenters. The number of aryl methyl sites for hydroxylation is 2. The maximum absolute atomic E-state index is 12.2. The molecule has 0 aromatic heterocycles. The van der Waals surface area contributed by atoms with Crippen LogP contribution in [0.2, 0.25) is 0 Å². The summed E-state index contributed by atoms with van der Waals surface area (Å²) >= 11 is 0. The predicted octanol–water partition coefficient (Wildman–Crippen LogP) is 4.49. The summed E-state index contributed by atoms with van der Waals surface area (Å²) in [5, 5.41) is 9.90. The number of halogens is 2. The van der Waals surface area contributed by atoms with Crippen LogP contribution in [0.25, 0.3) is 0 Å². The number of amides is 1. The number of fused-ring (bicyclic) bond motifs is 1. The second-order valence-corrected chi connectivity index (χ2v) is 7.28. The zero-order chi connectivity index (χ0) is 21.2. The van der Waals surface area contributed by atoms with E-state index in [2.05, 4.69) is 41.1 Å². The van der Waals surface area contributed by atoms with E-state index < -0.39 is 11.6 Å². The SMILES string of the molecule is CCc1ccc2c(c1)C(NCCCNC(C)=O)CCN2.Cc1cc(F)cc(F)c1. The molecule has 1 atom stereocenters. The monoisotopic (exact) mass is 403 g/mol. The fourth-order valence-corrected chi connectivity index (χ4v) is 3.32. The molecule has 29 heavy (non-hydrogen) atoms. The van der Waals surface area contributed by atoms with E-state index in [4.69, 9.17) is 0 Å². The van der Waals surface area contributed by atoms with Crippen LogP contribution in [0.15, 0.2) is 36.4 Å². The number of benzene rings is 2. The average Bonchev–Trinajstić information content (AvgIpc) is 2.66. The Morgan fingerprint density at radius 2 is 1.86 bits per heavy atom. The highest BCUT2D eigenvalue weighted by molar-refractivity contribution is 5.72. The summed E-state index contributed by atoms with van der Waals surface area (Å²) in [6.07, 6.45) is 3.15.